The summed E-state index contributed by atoms with van der Waals surface area (Å²) in [6, 6.07) is 11.1. The van der Waals surface area contributed by atoms with Crippen LogP contribution in [0.2, 0.25) is 0 Å². The van der Waals surface area contributed by atoms with Crippen LogP contribution in [0.4, 0.5) is 14.6 Å². The van der Waals surface area contributed by atoms with Crippen LogP contribution < -0.4 is 10.9 Å². The minimum Gasteiger partial charge on any atom is -0.312 e. The highest BCUT2D eigenvalue weighted by atomic mass is 32.2. The molecule has 3 aromatic rings. The molecule has 1 aromatic heterocycles. The first kappa shape index (κ1) is 20.3. The summed E-state index contributed by atoms with van der Waals surface area (Å²) in [5.74, 6) is -1.70. The second kappa shape index (κ2) is 8.02. The summed E-state index contributed by atoms with van der Waals surface area (Å²) in [5, 5.41) is 3.13. The Balaban J connectivity index is 1.74. The molecule has 1 N–H and O–H groups in total. The molecule has 30 heavy (non-hydrogen) atoms. The van der Waals surface area contributed by atoms with E-state index in [1.807, 2.05) is 31.2 Å². The van der Waals surface area contributed by atoms with E-state index in [0.717, 1.165) is 29.3 Å². The van der Waals surface area contributed by atoms with Gasteiger partial charge in [-0.15, -0.1) is 0 Å². The molecule has 0 saturated carbocycles. The second-order valence-corrected chi connectivity index (χ2v) is 8.21. The zero-order valence-electron chi connectivity index (χ0n) is 16.4. The lowest BCUT2D eigenvalue weighted by Crippen LogP contribution is -2.33. The number of nitrogens with one attached hydrogen (secondary N) is 1. The Morgan fingerprint density at radius 3 is 2.63 bits per heavy atom. The molecule has 0 fully saturated rings. The lowest BCUT2D eigenvalue weighted by atomic mass is 9.86. The van der Waals surface area contributed by atoms with Gasteiger partial charge in [-0.05, 0) is 36.2 Å². The molecule has 1 amide bonds. The van der Waals surface area contributed by atoms with Crippen molar-refractivity contribution in [3.63, 3.8) is 0 Å². The molecule has 1 unspecified atom stereocenters. The molecule has 1 aliphatic heterocycles. The van der Waals surface area contributed by atoms with Crippen LogP contribution in [0.3, 0.4) is 0 Å². The van der Waals surface area contributed by atoms with Crippen molar-refractivity contribution in [1.29, 1.82) is 0 Å². The number of thioether (sulfide) groups is 1. The summed E-state index contributed by atoms with van der Waals surface area (Å²) in [6.45, 7) is 2.01. The molecule has 0 bridgehead atoms. The zero-order chi connectivity index (χ0) is 21.4. The molecule has 4 rings (SSSR count). The fourth-order valence-electron chi connectivity index (χ4n) is 3.54. The highest BCUT2D eigenvalue weighted by Gasteiger charge is 2.33. The number of aryl methyl sites for hydroxylation is 1. The van der Waals surface area contributed by atoms with Crippen LogP contribution in [0.15, 0.2) is 52.4 Å². The van der Waals surface area contributed by atoms with Crippen molar-refractivity contribution >= 4 is 23.5 Å². The topological polar surface area (TPSA) is 64.0 Å². The van der Waals surface area contributed by atoms with Crippen molar-refractivity contribution in [3.8, 4) is 0 Å². The Labute approximate surface area is 176 Å². The standard InChI is InChI=1S/C22H19F2N3O2S/c1-12-3-5-13(6-4-12)11-30-22-26-21(29)19-16(10-18(28)25-20(19)27(22)2)15-9-14(23)7-8-17(15)24/h3-9,16H,10-11H2,1-2H3,(H,25,28). The Kier molecular flexibility index (Phi) is 5.42. The zero-order valence-corrected chi connectivity index (χ0v) is 17.2. The van der Waals surface area contributed by atoms with E-state index in [2.05, 4.69) is 10.3 Å². The van der Waals surface area contributed by atoms with Crippen LogP contribution in [0.1, 0.15) is 34.6 Å². The summed E-state index contributed by atoms with van der Waals surface area (Å²) in [5.41, 5.74) is 1.82. The van der Waals surface area contributed by atoms with Gasteiger partial charge in [-0.3, -0.25) is 9.59 Å². The first-order valence-corrected chi connectivity index (χ1v) is 10.4. The number of benzene rings is 2. The van der Waals surface area contributed by atoms with Gasteiger partial charge < -0.3 is 9.88 Å². The monoisotopic (exact) mass is 427 g/mol. The average Bonchev–Trinajstić information content (AvgIpc) is 2.72. The van der Waals surface area contributed by atoms with E-state index in [-0.39, 0.29) is 29.3 Å². The molecule has 154 valence electrons. The second-order valence-electron chi connectivity index (χ2n) is 7.27. The molecule has 5 nitrogen and oxygen atoms in total. The highest BCUT2D eigenvalue weighted by molar-refractivity contribution is 7.98. The third kappa shape index (κ3) is 3.87. The van der Waals surface area contributed by atoms with Gasteiger partial charge in [0.2, 0.25) is 5.91 Å². The van der Waals surface area contributed by atoms with E-state index < -0.39 is 23.1 Å². The average molecular weight is 427 g/mol. The number of rotatable bonds is 4. The summed E-state index contributed by atoms with van der Waals surface area (Å²) < 4.78 is 29.7. The first-order chi connectivity index (χ1) is 14.3. The van der Waals surface area contributed by atoms with Crippen molar-refractivity contribution in [2.24, 2.45) is 7.05 Å². The summed E-state index contributed by atoms with van der Waals surface area (Å²) in [4.78, 5) is 29.4. The fraction of sp³-hybridized carbons (Fsp3) is 0.227. The summed E-state index contributed by atoms with van der Waals surface area (Å²) >= 11 is 1.36. The van der Waals surface area contributed by atoms with E-state index in [1.54, 1.807) is 11.6 Å². The van der Waals surface area contributed by atoms with Gasteiger partial charge >= 0.3 is 0 Å². The van der Waals surface area contributed by atoms with Gasteiger partial charge in [-0.25, -0.2) is 8.78 Å². The molecular weight excluding hydrogens is 408 g/mol. The molecule has 1 aliphatic rings. The van der Waals surface area contributed by atoms with Crippen molar-refractivity contribution < 1.29 is 13.6 Å². The molecule has 2 aromatic carbocycles. The van der Waals surface area contributed by atoms with Crippen LogP contribution in [0, 0.1) is 18.6 Å². The number of amides is 1. The van der Waals surface area contributed by atoms with E-state index in [0.29, 0.717) is 10.9 Å². The van der Waals surface area contributed by atoms with E-state index in [1.165, 1.54) is 11.8 Å². The lowest BCUT2D eigenvalue weighted by molar-refractivity contribution is -0.116. The molecule has 1 atom stereocenters. The Morgan fingerprint density at radius 2 is 1.90 bits per heavy atom. The van der Waals surface area contributed by atoms with Crippen molar-refractivity contribution in [2.45, 2.75) is 30.2 Å². The number of fused-ring (bicyclic) bond motifs is 1. The largest absolute Gasteiger partial charge is 0.312 e. The maximum atomic E-state index is 14.4. The number of hydrogen-bond donors (Lipinski definition) is 1. The molecule has 2 heterocycles. The van der Waals surface area contributed by atoms with Gasteiger partial charge in [0.15, 0.2) is 5.16 Å². The van der Waals surface area contributed by atoms with Gasteiger partial charge in [0, 0.05) is 25.1 Å². The summed E-state index contributed by atoms with van der Waals surface area (Å²) in [6.07, 6.45) is -0.153. The van der Waals surface area contributed by atoms with Crippen LogP contribution in [0.5, 0.6) is 0 Å². The predicted octanol–water partition coefficient (Wildman–Crippen LogP) is 4.13. The lowest BCUT2D eigenvalue weighted by Gasteiger charge is -2.27. The van der Waals surface area contributed by atoms with E-state index in [9.17, 15) is 18.4 Å². The van der Waals surface area contributed by atoms with Crippen LogP contribution in [-0.2, 0) is 17.6 Å². The van der Waals surface area contributed by atoms with Gasteiger partial charge in [0.25, 0.3) is 5.56 Å². The third-order valence-corrected chi connectivity index (χ3v) is 6.22. The first-order valence-electron chi connectivity index (χ1n) is 9.37. The number of halogens is 2. The predicted molar refractivity (Wildman–Crippen MR) is 112 cm³/mol. The Hall–Kier alpha value is -3.00. The van der Waals surface area contributed by atoms with Gasteiger partial charge in [-0.1, -0.05) is 41.6 Å². The number of carbonyl (C=O) groups excluding carboxylic acids is 1. The molecule has 0 radical (unpaired) electrons. The molecule has 0 aliphatic carbocycles. The fourth-order valence-corrected chi connectivity index (χ4v) is 4.46. The number of carbonyl (C=O) groups is 1. The number of hydrogen-bond acceptors (Lipinski definition) is 4. The third-order valence-electron chi connectivity index (χ3n) is 5.12. The van der Waals surface area contributed by atoms with Gasteiger partial charge in [0.05, 0.1) is 5.56 Å². The maximum absolute atomic E-state index is 14.4. The number of anilines is 1. The SMILES string of the molecule is Cc1ccc(CSc2nc(=O)c3c(n2C)NC(=O)CC3c2cc(F)ccc2F)cc1. The highest BCUT2D eigenvalue weighted by Crippen LogP contribution is 2.37. The Morgan fingerprint density at radius 1 is 1.17 bits per heavy atom. The quantitative estimate of drug-likeness (QED) is 0.502. The minimum absolute atomic E-state index is 0.0231. The van der Waals surface area contributed by atoms with E-state index in [4.69, 9.17) is 0 Å². The molecular formula is C22H19F2N3O2S. The van der Waals surface area contributed by atoms with Gasteiger partial charge in [0.1, 0.15) is 17.5 Å². The molecule has 0 saturated heterocycles. The smallest absolute Gasteiger partial charge is 0.279 e. The van der Waals surface area contributed by atoms with Crippen LogP contribution in [0.25, 0.3) is 0 Å². The molecule has 8 heteroatoms. The van der Waals surface area contributed by atoms with Crippen LogP contribution >= 0.6 is 11.8 Å². The maximum Gasteiger partial charge on any atom is 0.279 e. The van der Waals surface area contributed by atoms with E-state index >= 15 is 0 Å². The van der Waals surface area contributed by atoms with Crippen LogP contribution in [-0.4, -0.2) is 15.5 Å². The number of aromatic nitrogens is 2. The summed E-state index contributed by atoms with van der Waals surface area (Å²) in [7, 11) is 1.69. The minimum atomic E-state index is -0.896. The number of nitrogens with zero attached hydrogens (tertiary/aromatic N) is 2. The van der Waals surface area contributed by atoms with Crippen molar-refractivity contribution in [2.75, 3.05) is 5.32 Å². The van der Waals surface area contributed by atoms with Crippen molar-refractivity contribution in [3.05, 3.63) is 86.7 Å². The Bertz CT molecular complexity index is 1190. The van der Waals surface area contributed by atoms with Gasteiger partial charge in [-0.2, -0.15) is 4.98 Å². The molecule has 0 spiro atoms. The normalized spacial score (nSPS) is 15.6. The van der Waals surface area contributed by atoms with Crippen molar-refractivity contribution in [1.82, 2.24) is 9.55 Å².